The van der Waals surface area contributed by atoms with Crippen LogP contribution in [0.25, 0.3) is 10.8 Å². The summed E-state index contributed by atoms with van der Waals surface area (Å²) in [5, 5.41) is 12.8. The number of phenolic OH excluding ortho intramolecular Hbond substituents is 1. The maximum absolute atomic E-state index is 13.6. The topological polar surface area (TPSA) is 54.4 Å². The van der Waals surface area contributed by atoms with Gasteiger partial charge in [0.2, 0.25) is 0 Å². The first-order chi connectivity index (χ1) is 13.3. The molecule has 0 unspecified atom stereocenters. The number of hydrogen-bond acceptors (Lipinski definition) is 3. The highest BCUT2D eigenvalue weighted by Crippen LogP contribution is 2.58. The lowest BCUT2D eigenvalue weighted by atomic mass is 9.52. The summed E-state index contributed by atoms with van der Waals surface area (Å²) >= 11 is 0. The number of carbonyl (C=O) groups is 2. The van der Waals surface area contributed by atoms with Crippen molar-refractivity contribution >= 4 is 22.3 Å². The van der Waals surface area contributed by atoms with E-state index in [2.05, 4.69) is 6.58 Å². The number of carbonyl (C=O) groups excluding carboxylic acids is 2. The van der Waals surface area contributed by atoms with Crippen LogP contribution >= 0.6 is 0 Å². The number of rotatable bonds is 2. The van der Waals surface area contributed by atoms with E-state index < -0.39 is 17.3 Å². The second kappa shape index (κ2) is 6.30. The quantitative estimate of drug-likeness (QED) is 0.783. The summed E-state index contributed by atoms with van der Waals surface area (Å²) in [6, 6.07) is 11.4. The molecule has 4 rings (SSSR count). The van der Waals surface area contributed by atoms with Crippen molar-refractivity contribution in [1.82, 2.24) is 0 Å². The highest BCUT2D eigenvalue weighted by Gasteiger charge is 2.56. The molecule has 0 radical (unpaired) electrons. The van der Waals surface area contributed by atoms with Crippen LogP contribution < -0.4 is 0 Å². The van der Waals surface area contributed by atoms with Gasteiger partial charge in [-0.15, -0.1) is 0 Å². The standard InChI is InChI=1S/C25H24O3/c1-5-16-10-12-19-23(27)14(2)15(3)24(28)25(19,4)22(16)21-18-9-7-6-8-17(18)11-13-20(21)26/h5-11,13,19,22,26H,1,12H2,2-4H3/t19-,22+,25+/m0/s1. The minimum absolute atomic E-state index is 0.0145. The molecule has 0 spiro atoms. The van der Waals surface area contributed by atoms with Gasteiger partial charge in [-0.3, -0.25) is 9.59 Å². The normalized spacial score (nSPS) is 27.6. The van der Waals surface area contributed by atoms with Gasteiger partial charge in [0.05, 0.1) is 5.41 Å². The van der Waals surface area contributed by atoms with E-state index in [1.807, 2.05) is 43.3 Å². The first kappa shape index (κ1) is 18.4. The third-order valence-corrected chi connectivity index (χ3v) is 6.80. The lowest BCUT2D eigenvalue weighted by molar-refractivity contribution is -0.138. The van der Waals surface area contributed by atoms with Gasteiger partial charge in [0.1, 0.15) is 5.75 Å². The second-order valence-electron chi connectivity index (χ2n) is 8.08. The van der Waals surface area contributed by atoms with Gasteiger partial charge in [-0.2, -0.15) is 0 Å². The SMILES string of the molecule is C=CC1=CC[C@H]2C(=O)C(C)=C(C)C(=O)[C@@]2(C)[C@H]1c1c(O)ccc2ccccc12. The molecule has 0 amide bonds. The Morgan fingerprint density at radius 1 is 1.11 bits per heavy atom. The van der Waals surface area contributed by atoms with Gasteiger partial charge in [0.15, 0.2) is 11.6 Å². The maximum Gasteiger partial charge on any atom is 0.166 e. The van der Waals surface area contributed by atoms with Gasteiger partial charge < -0.3 is 5.11 Å². The molecule has 3 atom stereocenters. The summed E-state index contributed by atoms with van der Waals surface area (Å²) in [6.07, 6.45) is 4.27. The fourth-order valence-corrected chi connectivity index (χ4v) is 5.11. The van der Waals surface area contributed by atoms with Crippen LogP contribution in [0, 0.1) is 11.3 Å². The monoisotopic (exact) mass is 372 g/mol. The number of phenols is 1. The van der Waals surface area contributed by atoms with Gasteiger partial charge in [0.25, 0.3) is 0 Å². The number of hydrogen-bond donors (Lipinski definition) is 1. The molecule has 3 nitrogen and oxygen atoms in total. The highest BCUT2D eigenvalue weighted by atomic mass is 16.3. The predicted molar refractivity (Wildman–Crippen MR) is 111 cm³/mol. The lowest BCUT2D eigenvalue weighted by Crippen LogP contribution is -2.51. The van der Waals surface area contributed by atoms with E-state index in [1.165, 1.54) is 0 Å². The Balaban J connectivity index is 2.08. The molecular weight excluding hydrogens is 348 g/mol. The Morgan fingerprint density at radius 2 is 1.82 bits per heavy atom. The molecule has 2 aliphatic rings. The van der Waals surface area contributed by atoms with Crippen LogP contribution in [0.1, 0.15) is 38.7 Å². The lowest BCUT2D eigenvalue weighted by Gasteiger charge is -2.48. The Labute approximate surface area is 165 Å². The van der Waals surface area contributed by atoms with Crippen molar-refractivity contribution in [3.05, 3.63) is 77.4 Å². The molecule has 0 heterocycles. The average Bonchev–Trinajstić information content (AvgIpc) is 2.71. The molecule has 2 aromatic rings. The van der Waals surface area contributed by atoms with Crippen LogP contribution in [0.5, 0.6) is 5.75 Å². The number of allylic oxidation sites excluding steroid dienone is 5. The van der Waals surface area contributed by atoms with Crippen molar-refractivity contribution in [2.24, 2.45) is 11.3 Å². The van der Waals surface area contributed by atoms with Gasteiger partial charge in [-0.1, -0.05) is 56.0 Å². The van der Waals surface area contributed by atoms with Crippen molar-refractivity contribution in [2.75, 3.05) is 0 Å². The van der Waals surface area contributed by atoms with Crippen molar-refractivity contribution < 1.29 is 14.7 Å². The van der Waals surface area contributed by atoms with Gasteiger partial charge in [0, 0.05) is 17.4 Å². The zero-order valence-electron chi connectivity index (χ0n) is 16.5. The minimum atomic E-state index is -0.958. The average molecular weight is 372 g/mol. The summed E-state index contributed by atoms with van der Waals surface area (Å²) in [6.45, 7) is 9.32. The molecule has 3 heteroatoms. The first-order valence-electron chi connectivity index (χ1n) is 9.62. The largest absolute Gasteiger partial charge is 0.508 e. The third-order valence-electron chi connectivity index (χ3n) is 6.80. The zero-order chi connectivity index (χ0) is 20.2. The summed E-state index contributed by atoms with van der Waals surface area (Å²) in [5.41, 5.74) is 1.71. The molecule has 0 bridgehead atoms. The summed E-state index contributed by atoms with van der Waals surface area (Å²) in [5.74, 6) is -0.712. The number of fused-ring (bicyclic) bond motifs is 2. The van der Waals surface area contributed by atoms with E-state index in [4.69, 9.17) is 0 Å². The molecule has 0 fully saturated rings. The highest BCUT2D eigenvalue weighted by molar-refractivity contribution is 6.16. The van der Waals surface area contributed by atoms with E-state index in [1.54, 1.807) is 26.0 Å². The van der Waals surface area contributed by atoms with Crippen molar-refractivity contribution in [1.29, 1.82) is 0 Å². The molecule has 28 heavy (non-hydrogen) atoms. The van der Waals surface area contributed by atoms with Gasteiger partial charge in [-0.05, 0) is 53.8 Å². The summed E-state index contributed by atoms with van der Waals surface area (Å²) in [7, 11) is 0. The van der Waals surface area contributed by atoms with Crippen LogP contribution in [-0.4, -0.2) is 16.7 Å². The third kappa shape index (κ3) is 2.29. The van der Waals surface area contributed by atoms with Crippen LogP contribution in [-0.2, 0) is 9.59 Å². The molecule has 1 N–H and O–H groups in total. The van der Waals surface area contributed by atoms with Crippen LogP contribution in [0.4, 0.5) is 0 Å². The molecule has 0 saturated heterocycles. The first-order valence-corrected chi connectivity index (χ1v) is 9.62. The van der Waals surface area contributed by atoms with Crippen LogP contribution in [0.15, 0.2) is 71.8 Å². The minimum Gasteiger partial charge on any atom is -0.508 e. The molecule has 142 valence electrons. The summed E-state index contributed by atoms with van der Waals surface area (Å²) in [4.78, 5) is 26.7. The van der Waals surface area contributed by atoms with Gasteiger partial charge >= 0.3 is 0 Å². The maximum atomic E-state index is 13.6. The van der Waals surface area contributed by atoms with Crippen molar-refractivity contribution in [3.63, 3.8) is 0 Å². The molecule has 0 saturated carbocycles. The number of Topliss-reactive ketones (excluding diaryl/α,β-unsaturated/α-hetero) is 2. The van der Waals surface area contributed by atoms with E-state index in [0.29, 0.717) is 23.1 Å². The number of benzene rings is 2. The Kier molecular flexibility index (Phi) is 4.15. The fourth-order valence-electron chi connectivity index (χ4n) is 5.11. The Bertz CT molecular complexity index is 1100. The van der Waals surface area contributed by atoms with E-state index in [9.17, 15) is 14.7 Å². The van der Waals surface area contributed by atoms with E-state index in [-0.39, 0.29) is 17.3 Å². The molecule has 2 aliphatic carbocycles. The van der Waals surface area contributed by atoms with Crippen molar-refractivity contribution in [3.8, 4) is 5.75 Å². The molecule has 0 aliphatic heterocycles. The van der Waals surface area contributed by atoms with Crippen molar-refractivity contribution in [2.45, 2.75) is 33.1 Å². The number of ketones is 2. The number of aromatic hydroxyl groups is 1. The Morgan fingerprint density at radius 3 is 2.54 bits per heavy atom. The fraction of sp³-hybridized carbons (Fsp3) is 0.280. The van der Waals surface area contributed by atoms with Crippen LogP contribution in [0.2, 0.25) is 0 Å². The van der Waals surface area contributed by atoms with Crippen LogP contribution in [0.3, 0.4) is 0 Å². The van der Waals surface area contributed by atoms with Gasteiger partial charge in [-0.25, -0.2) is 0 Å². The molecule has 0 aromatic heterocycles. The van der Waals surface area contributed by atoms with E-state index >= 15 is 0 Å². The van der Waals surface area contributed by atoms with E-state index in [0.717, 1.165) is 16.3 Å². The second-order valence-corrected chi connectivity index (χ2v) is 8.08. The summed E-state index contributed by atoms with van der Waals surface area (Å²) < 4.78 is 0. The zero-order valence-corrected chi connectivity index (χ0v) is 16.5. The predicted octanol–water partition coefficient (Wildman–Crippen LogP) is 5.26. The smallest absolute Gasteiger partial charge is 0.166 e. The molecule has 2 aromatic carbocycles. The molecular formula is C25H24O3. The Hall–Kier alpha value is -2.94.